The van der Waals surface area contributed by atoms with E-state index in [0.717, 1.165) is 41.5 Å². The van der Waals surface area contributed by atoms with Crippen LogP contribution in [0.5, 0.6) is 5.75 Å². The van der Waals surface area contributed by atoms with E-state index in [0.29, 0.717) is 10.9 Å². The van der Waals surface area contributed by atoms with Crippen molar-refractivity contribution in [2.75, 3.05) is 5.75 Å². The Morgan fingerprint density at radius 3 is 2.62 bits per heavy atom. The minimum Gasteiger partial charge on any atom is -0.490 e. The van der Waals surface area contributed by atoms with E-state index >= 15 is 0 Å². The minimum atomic E-state index is -4.50. The van der Waals surface area contributed by atoms with Gasteiger partial charge in [0.1, 0.15) is 5.75 Å². The van der Waals surface area contributed by atoms with E-state index in [1.807, 2.05) is 25.1 Å². The number of hydrogen-bond donors (Lipinski definition) is 0. The average molecular weight is 459 g/mol. The highest BCUT2D eigenvalue weighted by Crippen LogP contribution is 2.38. The first kappa shape index (κ1) is 21.1. The maximum atomic E-state index is 13.6. The Labute approximate surface area is 187 Å². The van der Waals surface area contributed by atoms with E-state index in [-0.39, 0.29) is 17.5 Å². The van der Waals surface area contributed by atoms with Crippen LogP contribution >= 0.6 is 11.8 Å². The van der Waals surface area contributed by atoms with Crippen molar-refractivity contribution in [1.29, 1.82) is 0 Å². The predicted molar refractivity (Wildman–Crippen MR) is 117 cm³/mol. The zero-order chi connectivity index (χ0) is 22.3. The van der Waals surface area contributed by atoms with E-state index in [1.165, 1.54) is 41.4 Å². The lowest BCUT2D eigenvalue weighted by Crippen LogP contribution is -2.16. The van der Waals surface area contributed by atoms with Crippen molar-refractivity contribution in [2.45, 2.75) is 50.0 Å². The summed E-state index contributed by atoms with van der Waals surface area (Å²) in [4.78, 5) is 0. The number of hydrogen-bond acceptors (Lipinski definition) is 5. The summed E-state index contributed by atoms with van der Waals surface area (Å²) < 4.78 is 48.3. The van der Waals surface area contributed by atoms with Gasteiger partial charge >= 0.3 is 6.18 Å². The van der Waals surface area contributed by atoms with Crippen molar-refractivity contribution in [2.24, 2.45) is 5.10 Å². The summed E-state index contributed by atoms with van der Waals surface area (Å²) in [5.74, 6) is 1.46. The highest BCUT2D eigenvalue weighted by molar-refractivity contribution is 7.99. The smallest absolute Gasteiger partial charge is 0.417 e. The van der Waals surface area contributed by atoms with Gasteiger partial charge in [-0.05, 0) is 50.3 Å². The van der Waals surface area contributed by atoms with Gasteiger partial charge in [-0.15, -0.1) is 10.2 Å². The quantitative estimate of drug-likeness (QED) is 0.485. The molecule has 5 rings (SSSR count). The molecule has 0 saturated heterocycles. The lowest BCUT2D eigenvalue weighted by Gasteiger charge is -2.18. The van der Waals surface area contributed by atoms with Gasteiger partial charge in [0.15, 0.2) is 5.82 Å². The summed E-state index contributed by atoms with van der Waals surface area (Å²) in [5.41, 5.74) is 1.87. The number of fused-ring (bicyclic) bond motifs is 1. The van der Waals surface area contributed by atoms with E-state index in [1.54, 1.807) is 6.07 Å². The van der Waals surface area contributed by atoms with Crippen LogP contribution in [-0.2, 0) is 6.18 Å². The van der Waals surface area contributed by atoms with Crippen molar-refractivity contribution < 1.29 is 17.9 Å². The summed E-state index contributed by atoms with van der Waals surface area (Å²) in [6.45, 7) is 2.01. The molecule has 1 aromatic heterocycles. The van der Waals surface area contributed by atoms with Crippen LogP contribution in [0.2, 0.25) is 0 Å². The van der Waals surface area contributed by atoms with Gasteiger partial charge in [0.05, 0.1) is 17.4 Å². The molecule has 0 spiro atoms. The molecule has 0 radical (unpaired) electrons. The molecule has 0 N–H and O–H groups in total. The topological polar surface area (TPSA) is 52.3 Å². The minimum absolute atomic E-state index is 0.0430. The predicted octanol–water partition coefficient (Wildman–Crippen LogP) is 5.95. The third-order valence-corrected chi connectivity index (χ3v) is 6.69. The Morgan fingerprint density at radius 1 is 1.06 bits per heavy atom. The third kappa shape index (κ3) is 4.01. The van der Waals surface area contributed by atoms with Crippen molar-refractivity contribution >= 4 is 17.5 Å². The third-order valence-electron chi connectivity index (χ3n) is 5.76. The van der Waals surface area contributed by atoms with Gasteiger partial charge in [-0.2, -0.15) is 22.9 Å². The molecule has 0 amide bonds. The largest absolute Gasteiger partial charge is 0.490 e. The molecule has 2 aliphatic rings. The molecule has 2 heterocycles. The van der Waals surface area contributed by atoms with Crippen molar-refractivity contribution in [3.8, 4) is 17.1 Å². The number of halogens is 3. The fourth-order valence-electron chi connectivity index (χ4n) is 4.05. The van der Waals surface area contributed by atoms with Gasteiger partial charge in [0, 0.05) is 16.9 Å². The van der Waals surface area contributed by atoms with Crippen molar-refractivity contribution in [1.82, 2.24) is 14.9 Å². The molecule has 32 heavy (non-hydrogen) atoms. The Bertz CT molecular complexity index is 1180. The monoisotopic (exact) mass is 458 g/mol. The van der Waals surface area contributed by atoms with Gasteiger partial charge in [0.2, 0.25) is 5.16 Å². The Kier molecular flexibility index (Phi) is 5.44. The second-order valence-electron chi connectivity index (χ2n) is 8.00. The number of ether oxygens (including phenoxy) is 1. The summed E-state index contributed by atoms with van der Waals surface area (Å²) in [6.07, 6.45) is 0.234. The van der Waals surface area contributed by atoms with Gasteiger partial charge in [-0.1, -0.05) is 42.1 Å². The summed E-state index contributed by atoms with van der Waals surface area (Å²) in [5, 5.41) is 13.2. The Morgan fingerprint density at radius 2 is 1.84 bits per heavy atom. The number of benzene rings is 2. The normalized spacial score (nSPS) is 16.7. The van der Waals surface area contributed by atoms with E-state index in [4.69, 9.17) is 4.74 Å². The van der Waals surface area contributed by atoms with Crippen LogP contribution in [0.4, 0.5) is 13.2 Å². The molecule has 0 atom stereocenters. The summed E-state index contributed by atoms with van der Waals surface area (Å²) in [7, 11) is 0. The number of aromatic nitrogens is 3. The highest BCUT2D eigenvalue weighted by atomic mass is 32.2. The molecule has 1 aliphatic heterocycles. The molecule has 0 bridgehead atoms. The fourth-order valence-corrected chi connectivity index (χ4v) is 4.89. The molecule has 9 heteroatoms. The molecule has 3 aromatic rings. The molecule has 5 nitrogen and oxygen atoms in total. The van der Waals surface area contributed by atoms with E-state index in [2.05, 4.69) is 15.3 Å². The lowest BCUT2D eigenvalue weighted by atomic mass is 10.1. The van der Waals surface area contributed by atoms with Crippen LogP contribution in [0.15, 0.2) is 52.7 Å². The summed E-state index contributed by atoms with van der Waals surface area (Å²) in [6, 6.07) is 11.3. The molecule has 0 unspecified atom stereocenters. The van der Waals surface area contributed by atoms with Crippen molar-refractivity contribution in [3.63, 3.8) is 0 Å². The van der Waals surface area contributed by atoms with Crippen LogP contribution in [0.1, 0.15) is 42.4 Å². The Hall–Kier alpha value is -2.81. The van der Waals surface area contributed by atoms with Gasteiger partial charge in [-0.25, -0.2) is 0 Å². The van der Waals surface area contributed by atoms with Crippen LogP contribution < -0.4 is 4.74 Å². The number of thioether (sulfide) groups is 1. The van der Waals surface area contributed by atoms with E-state index in [9.17, 15) is 13.2 Å². The fraction of sp³-hybridized carbons (Fsp3) is 0.348. The van der Waals surface area contributed by atoms with Crippen LogP contribution in [0.3, 0.4) is 0 Å². The molecular formula is C23H21F3N4OS. The maximum absolute atomic E-state index is 13.6. The second kappa shape index (κ2) is 8.27. The molecule has 1 saturated carbocycles. The molecular weight excluding hydrogens is 437 g/mol. The standard InChI is InChI=1S/C23H21F3N4OS/c1-14-10-11-15(12-20(14)31-16-6-2-3-7-16)19-13-32-22-28-27-21(30(22)29-19)17-8-4-5-9-18(17)23(24,25)26/h4-5,8-12,16H,2-3,6-7,13H2,1H3. The van der Waals surface area contributed by atoms with E-state index < -0.39 is 11.7 Å². The average Bonchev–Trinajstić information content (AvgIpc) is 3.44. The first-order chi connectivity index (χ1) is 15.4. The zero-order valence-corrected chi connectivity index (χ0v) is 18.2. The lowest BCUT2D eigenvalue weighted by molar-refractivity contribution is -0.137. The molecule has 166 valence electrons. The van der Waals surface area contributed by atoms with Gasteiger partial charge in [0.25, 0.3) is 0 Å². The van der Waals surface area contributed by atoms with Gasteiger partial charge in [-0.3, -0.25) is 0 Å². The maximum Gasteiger partial charge on any atom is 0.417 e. The molecule has 1 aliphatic carbocycles. The van der Waals surface area contributed by atoms with Crippen molar-refractivity contribution in [3.05, 3.63) is 59.2 Å². The second-order valence-corrected chi connectivity index (χ2v) is 8.94. The van der Waals surface area contributed by atoms with Gasteiger partial charge < -0.3 is 4.74 Å². The number of nitrogens with zero attached hydrogens (tertiary/aromatic N) is 4. The first-order valence-corrected chi connectivity index (χ1v) is 11.5. The Balaban J connectivity index is 1.52. The van der Waals surface area contributed by atoms with Crippen LogP contribution in [-0.4, -0.2) is 32.4 Å². The molecule has 1 fully saturated rings. The number of aryl methyl sites for hydroxylation is 1. The SMILES string of the molecule is Cc1ccc(C2=Nn3c(nnc3-c3ccccc3C(F)(F)F)SC2)cc1OC1CCCC1. The molecule has 2 aromatic carbocycles. The number of rotatable bonds is 4. The summed E-state index contributed by atoms with van der Waals surface area (Å²) >= 11 is 1.40. The van der Waals surface area contributed by atoms with Crippen LogP contribution in [0.25, 0.3) is 11.4 Å². The first-order valence-electron chi connectivity index (χ1n) is 10.5. The van der Waals surface area contributed by atoms with Crippen LogP contribution in [0, 0.1) is 6.92 Å². The number of alkyl halides is 3. The highest BCUT2D eigenvalue weighted by Gasteiger charge is 2.35. The zero-order valence-electron chi connectivity index (χ0n) is 17.4.